The lowest BCUT2D eigenvalue weighted by molar-refractivity contribution is -0.274. The van der Waals surface area contributed by atoms with Gasteiger partial charge in [-0.2, -0.15) is 5.10 Å². The highest BCUT2D eigenvalue weighted by atomic mass is 19.4. The number of nitrogens with one attached hydrogen (secondary N) is 1. The van der Waals surface area contributed by atoms with Crippen LogP contribution in [-0.4, -0.2) is 42.6 Å². The summed E-state index contributed by atoms with van der Waals surface area (Å²) in [5.74, 6) is -0.967. The van der Waals surface area contributed by atoms with Gasteiger partial charge in [0.05, 0.1) is 23.5 Å². The van der Waals surface area contributed by atoms with E-state index in [-0.39, 0.29) is 5.56 Å². The third-order valence-electron chi connectivity index (χ3n) is 5.24. The molecule has 182 valence electrons. The molecule has 3 heterocycles. The van der Waals surface area contributed by atoms with Crippen molar-refractivity contribution in [2.24, 2.45) is 0 Å². The minimum Gasteiger partial charge on any atom is -0.406 e. The molecule has 0 aliphatic carbocycles. The van der Waals surface area contributed by atoms with Crippen LogP contribution in [-0.2, 0) is 0 Å². The van der Waals surface area contributed by atoms with Gasteiger partial charge in [-0.3, -0.25) is 9.78 Å². The van der Waals surface area contributed by atoms with Gasteiger partial charge in [-0.05, 0) is 56.7 Å². The van der Waals surface area contributed by atoms with Crippen LogP contribution in [0, 0.1) is 6.92 Å². The standard InChI is InChI=1S/C24H22F3N5O3/c1-14-12-16(8-10-28-14)19-9-11-32-21(30-19)18(13-29-32)22(33)31-20(23(2,3)34)15-4-6-17(7-5-15)35-24(25,26)27/h4-13,20,34H,1-3H3,(H,31,33)/t20-/m0/s1. The van der Waals surface area contributed by atoms with E-state index >= 15 is 0 Å². The number of amides is 1. The number of pyridine rings is 1. The number of ether oxygens (including phenoxy) is 1. The van der Waals surface area contributed by atoms with Gasteiger partial charge in [0.15, 0.2) is 5.65 Å². The van der Waals surface area contributed by atoms with Crippen molar-refractivity contribution in [2.75, 3.05) is 0 Å². The maximum Gasteiger partial charge on any atom is 0.573 e. The zero-order valence-corrected chi connectivity index (χ0v) is 19.0. The molecule has 0 unspecified atom stereocenters. The second kappa shape index (κ2) is 8.99. The molecule has 0 bridgehead atoms. The van der Waals surface area contributed by atoms with Gasteiger partial charge in [-0.25, -0.2) is 9.50 Å². The molecule has 11 heteroatoms. The summed E-state index contributed by atoms with van der Waals surface area (Å²) in [6, 6.07) is 9.42. The molecule has 0 saturated heterocycles. The van der Waals surface area contributed by atoms with Crippen LogP contribution in [0.5, 0.6) is 5.75 Å². The van der Waals surface area contributed by atoms with E-state index in [1.807, 2.05) is 13.0 Å². The fourth-order valence-electron chi connectivity index (χ4n) is 3.63. The molecule has 0 aliphatic rings. The van der Waals surface area contributed by atoms with E-state index in [2.05, 4.69) is 25.1 Å². The van der Waals surface area contributed by atoms with Gasteiger partial charge < -0.3 is 15.2 Å². The number of carbonyl (C=O) groups is 1. The van der Waals surface area contributed by atoms with Gasteiger partial charge in [0.1, 0.15) is 11.3 Å². The SMILES string of the molecule is Cc1cc(-c2ccn3ncc(C(=O)N[C@@H](c4ccc(OC(F)(F)F)cc4)C(C)(C)O)c3n2)ccn1. The van der Waals surface area contributed by atoms with Gasteiger partial charge in [0.2, 0.25) is 0 Å². The lowest BCUT2D eigenvalue weighted by Gasteiger charge is -2.30. The lowest BCUT2D eigenvalue weighted by atomic mass is 9.91. The fourth-order valence-corrected chi connectivity index (χ4v) is 3.63. The van der Waals surface area contributed by atoms with Crippen molar-refractivity contribution >= 4 is 11.6 Å². The number of hydrogen-bond donors (Lipinski definition) is 2. The first-order valence-electron chi connectivity index (χ1n) is 10.6. The van der Waals surface area contributed by atoms with Crippen LogP contribution in [0.2, 0.25) is 0 Å². The number of benzene rings is 1. The largest absolute Gasteiger partial charge is 0.573 e. The first-order valence-corrected chi connectivity index (χ1v) is 10.6. The molecule has 8 nitrogen and oxygen atoms in total. The van der Waals surface area contributed by atoms with Crippen LogP contribution >= 0.6 is 0 Å². The van der Waals surface area contributed by atoms with Crippen molar-refractivity contribution in [3.63, 3.8) is 0 Å². The summed E-state index contributed by atoms with van der Waals surface area (Å²) in [6.07, 6.45) is -0.118. The molecule has 1 aromatic carbocycles. The van der Waals surface area contributed by atoms with Gasteiger partial charge in [0.25, 0.3) is 5.91 Å². The molecule has 4 rings (SSSR count). The Morgan fingerprint density at radius 3 is 2.49 bits per heavy atom. The van der Waals surface area contributed by atoms with Crippen molar-refractivity contribution in [1.82, 2.24) is 24.9 Å². The number of aryl methyl sites for hydroxylation is 1. The first kappa shape index (κ1) is 24.1. The molecule has 4 aromatic rings. The molecule has 1 atom stereocenters. The predicted molar refractivity (Wildman–Crippen MR) is 121 cm³/mol. The summed E-state index contributed by atoms with van der Waals surface area (Å²) >= 11 is 0. The third-order valence-corrected chi connectivity index (χ3v) is 5.24. The monoisotopic (exact) mass is 485 g/mol. The molecule has 2 N–H and O–H groups in total. The molecule has 0 fully saturated rings. The van der Waals surface area contributed by atoms with Crippen molar-refractivity contribution in [1.29, 1.82) is 0 Å². The maximum atomic E-state index is 13.2. The Bertz CT molecular complexity index is 1360. The van der Waals surface area contributed by atoms with Crippen LogP contribution in [0.25, 0.3) is 16.9 Å². The number of hydrogen-bond acceptors (Lipinski definition) is 6. The normalized spacial score (nSPS) is 13.0. The molecular formula is C24H22F3N5O3. The third kappa shape index (κ3) is 5.57. The van der Waals surface area contributed by atoms with Gasteiger partial charge in [0, 0.05) is 23.7 Å². The smallest absolute Gasteiger partial charge is 0.406 e. The Morgan fingerprint density at radius 1 is 1.14 bits per heavy atom. The van der Waals surface area contributed by atoms with E-state index in [1.54, 1.807) is 24.5 Å². The first-order chi connectivity index (χ1) is 16.4. The molecule has 0 radical (unpaired) electrons. The fraction of sp³-hybridized carbons (Fsp3) is 0.250. The second-order valence-corrected chi connectivity index (χ2v) is 8.50. The minimum absolute atomic E-state index is 0.170. The van der Waals surface area contributed by atoms with Crippen molar-refractivity contribution in [3.8, 4) is 17.0 Å². The summed E-state index contributed by atoms with van der Waals surface area (Å²) in [5, 5.41) is 17.6. The molecule has 0 aliphatic heterocycles. The molecule has 0 spiro atoms. The van der Waals surface area contributed by atoms with Crippen molar-refractivity contribution < 1.29 is 27.8 Å². The van der Waals surface area contributed by atoms with Crippen LogP contribution in [0.3, 0.4) is 0 Å². The Morgan fingerprint density at radius 2 is 1.86 bits per heavy atom. The van der Waals surface area contributed by atoms with E-state index in [9.17, 15) is 23.1 Å². The van der Waals surface area contributed by atoms with E-state index in [1.165, 1.54) is 36.7 Å². The average molecular weight is 485 g/mol. The highest BCUT2D eigenvalue weighted by Crippen LogP contribution is 2.30. The van der Waals surface area contributed by atoms with Gasteiger partial charge in [-0.15, -0.1) is 13.2 Å². The molecule has 1 amide bonds. The number of fused-ring (bicyclic) bond motifs is 1. The Kier molecular flexibility index (Phi) is 6.20. The van der Waals surface area contributed by atoms with Crippen LogP contribution in [0.1, 0.15) is 41.5 Å². The van der Waals surface area contributed by atoms with E-state index in [0.29, 0.717) is 16.9 Å². The van der Waals surface area contributed by atoms with Crippen LogP contribution < -0.4 is 10.1 Å². The Labute approximate surface area is 198 Å². The number of rotatable bonds is 6. The Balaban J connectivity index is 1.63. The topological polar surface area (TPSA) is 102 Å². The number of aromatic nitrogens is 4. The van der Waals surface area contributed by atoms with Gasteiger partial charge in [-0.1, -0.05) is 12.1 Å². The Hall–Kier alpha value is -3.99. The highest BCUT2D eigenvalue weighted by molar-refractivity contribution is 6.00. The average Bonchev–Trinajstić information content (AvgIpc) is 3.19. The predicted octanol–water partition coefficient (Wildman–Crippen LogP) is 4.24. The highest BCUT2D eigenvalue weighted by Gasteiger charge is 2.33. The van der Waals surface area contributed by atoms with E-state index in [4.69, 9.17) is 0 Å². The lowest BCUT2D eigenvalue weighted by Crippen LogP contribution is -2.42. The minimum atomic E-state index is -4.82. The maximum absolute atomic E-state index is 13.2. The zero-order valence-electron chi connectivity index (χ0n) is 19.0. The van der Waals surface area contributed by atoms with Crippen molar-refractivity contribution in [2.45, 2.75) is 38.8 Å². The molecule has 3 aromatic heterocycles. The second-order valence-electron chi connectivity index (χ2n) is 8.50. The quantitative estimate of drug-likeness (QED) is 0.424. The number of aliphatic hydroxyl groups is 1. The van der Waals surface area contributed by atoms with E-state index in [0.717, 1.165) is 23.4 Å². The summed E-state index contributed by atoms with van der Waals surface area (Å²) in [7, 11) is 0. The zero-order chi connectivity index (χ0) is 25.4. The number of carbonyl (C=O) groups excluding carboxylic acids is 1. The van der Waals surface area contributed by atoms with Crippen LogP contribution in [0.15, 0.2) is 61.1 Å². The molecule has 35 heavy (non-hydrogen) atoms. The summed E-state index contributed by atoms with van der Waals surface area (Å²) in [5.41, 5.74) is 1.67. The summed E-state index contributed by atoms with van der Waals surface area (Å²) in [6.45, 7) is 4.82. The summed E-state index contributed by atoms with van der Waals surface area (Å²) in [4.78, 5) is 22.0. The number of nitrogens with zero attached hydrogens (tertiary/aromatic N) is 4. The molecule has 0 saturated carbocycles. The van der Waals surface area contributed by atoms with Gasteiger partial charge >= 0.3 is 6.36 Å². The summed E-state index contributed by atoms with van der Waals surface area (Å²) < 4.78 is 42.7. The number of alkyl halides is 3. The number of halogens is 3. The van der Waals surface area contributed by atoms with E-state index < -0.39 is 29.7 Å². The van der Waals surface area contributed by atoms with Crippen LogP contribution in [0.4, 0.5) is 13.2 Å². The van der Waals surface area contributed by atoms with Crippen molar-refractivity contribution in [3.05, 3.63) is 77.9 Å². The molecular weight excluding hydrogens is 463 g/mol.